The first kappa shape index (κ1) is 16.3. The van der Waals surface area contributed by atoms with Crippen molar-refractivity contribution in [3.8, 4) is 0 Å². The average Bonchev–Trinajstić information content (AvgIpc) is 2.99. The lowest BCUT2D eigenvalue weighted by atomic mass is 9.82. The number of thiophene rings is 1. The van der Waals surface area contributed by atoms with Crippen LogP contribution in [0.2, 0.25) is 0 Å². The van der Waals surface area contributed by atoms with Crippen LogP contribution >= 0.6 is 11.3 Å². The van der Waals surface area contributed by atoms with Gasteiger partial charge in [0, 0.05) is 18.5 Å². The van der Waals surface area contributed by atoms with Gasteiger partial charge in [-0.3, -0.25) is 0 Å². The van der Waals surface area contributed by atoms with Gasteiger partial charge in [-0.15, -0.1) is 0 Å². The fourth-order valence-electron chi connectivity index (χ4n) is 2.59. The summed E-state index contributed by atoms with van der Waals surface area (Å²) in [5.41, 5.74) is 0. The molecule has 0 aliphatic heterocycles. The third kappa shape index (κ3) is 4.98. The van der Waals surface area contributed by atoms with Crippen LogP contribution in [-0.2, 0) is 10.0 Å². The molecular weight excluding hydrogens is 312 g/mol. The minimum absolute atomic E-state index is 0.326. The molecule has 8 heteroatoms. The number of carbonyl (C=O) groups is 1. The first-order chi connectivity index (χ1) is 9.97. The molecule has 1 amide bonds. The Morgan fingerprint density at radius 1 is 1.24 bits per heavy atom. The largest absolute Gasteiger partial charge is 0.465 e. The molecule has 0 saturated heterocycles. The molecule has 0 unspecified atom stereocenters. The Morgan fingerprint density at radius 3 is 2.38 bits per heavy atom. The Bertz CT molecular complexity index is 549. The zero-order valence-electron chi connectivity index (χ0n) is 11.6. The molecule has 21 heavy (non-hydrogen) atoms. The summed E-state index contributed by atoms with van der Waals surface area (Å²) < 4.78 is 26.7. The predicted molar refractivity (Wildman–Crippen MR) is 81.0 cm³/mol. The summed E-state index contributed by atoms with van der Waals surface area (Å²) in [4.78, 5) is 10.8. The summed E-state index contributed by atoms with van der Waals surface area (Å²) in [7, 11) is -3.38. The molecule has 0 radical (unpaired) electrons. The number of carboxylic acid groups (broad SMARTS) is 1. The van der Waals surface area contributed by atoms with Crippen LogP contribution in [0.5, 0.6) is 0 Å². The molecule has 0 atom stereocenters. The molecular formula is C13H20N2O4S2. The van der Waals surface area contributed by atoms with Gasteiger partial charge in [0.15, 0.2) is 0 Å². The Kier molecular flexibility index (Phi) is 5.60. The van der Waals surface area contributed by atoms with Crippen LogP contribution in [-0.4, -0.2) is 32.7 Å². The van der Waals surface area contributed by atoms with Gasteiger partial charge in [-0.2, -0.15) is 11.3 Å². The maximum Gasteiger partial charge on any atom is 0.404 e. The number of hydrogen-bond acceptors (Lipinski definition) is 4. The lowest BCUT2D eigenvalue weighted by Gasteiger charge is -2.28. The van der Waals surface area contributed by atoms with Gasteiger partial charge in [0.1, 0.15) is 0 Å². The van der Waals surface area contributed by atoms with Crippen LogP contribution in [0, 0.1) is 11.8 Å². The molecule has 0 aromatic carbocycles. The lowest BCUT2D eigenvalue weighted by Crippen LogP contribution is -2.34. The SMILES string of the molecule is O=C(O)NCC1CCC(CNS(=O)(=O)c2ccsc2)CC1. The quantitative estimate of drug-likeness (QED) is 0.743. The molecule has 0 spiro atoms. The average molecular weight is 332 g/mol. The number of nitrogens with one attached hydrogen (secondary N) is 2. The van der Waals surface area contributed by atoms with Gasteiger partial charge in [0.25, 0.3) is 0 Å². The Balaban J connectivity index is 1.73. The molecule has 1 saturated carbocycles. The van der Waals surface area contributed by atoms with Crippen molar-refractivity contribution in [3.05, 3.63) is 16.8 Å². The van der Waals surface area contributed by atoms with Crippen LogP contribution in [0.1, 0.15) is 25.7 Å². The van der Waals surface area contributed by atoms with E-state index < -0.39 is 16.1 Å². The summed E-state index contributed by atoms with van der Waals surface area (Å²) in [6.45, 7) is 0.944. The standard InChI is InChI=1S/C13H20N2O4S2/c16-13(17)14-7-10-1-3-11(4-2-10)8-15-21(18,19)12-5-6-20-9-12/h5-6,9-11,14-15H,1-4,7-8H2,(H,16,17). The van der Waals surface area contributed by atoms with Gasteiger partial charge in [-0.25, -0.2) is 17.9 Å². The smallest absolute Gasteiger partial charge is 0.404 e. The maximum absolute atomic E-state index is 12.0. The highest BCUT2D eigenvalue weighted by molar-refractivity contribution is 7.89. The van der Waals surface area contributed by atoms with E-state index in [1.165, 1.54) is 11.3 Å². The first-order valence-electron chi connectivity index (χ1n) is 6.96. The van der Waals surface area contributed by atoms with E-state index in [1.54, 1.807) is 16.8 Å². The summed E-state index contributed by atoms with van der Waals surface area (Å²) in [5.74, 6) is 0.699. The molecule has 2 rings (SSSR count). The van der Waals surface area contributed by atoms with Crippen LogP contribution < -0.4 is 10.0 Å². The predicted octanol–water partition coefficient (Wildman–Crippen LogP) is 2.10. The Hall–Kier alpha value is -1.12. The van der Waals surface area contributed by atoms with Crippen molar-refractivity contribution in [2.75, 3.05) is 13.1 Å². The van der Waals surface area contributed by atoms with Crippen molar-refractivity contribution >= 4 is 27.5 Å². The van der Waals surface area contributed by atoms with Crippen molar-refractivity contribution in [2.45, 2.75) is 30.6 Å². The topological polar surface area (TPSA) is 95.5 Å². The fraction of sp³-hybridized carbons (Fsp3) is 0.615. The zero-order valence-corrected chi connectivity index (χ0v) is 13.3. The van der Waals surface area contributed by atoms with E-state index in [2.05, 4.69) is 10.0 Å². The van der Waals surface area contributed by atoms with E-state index in [-0.39, 0.29) is 0 Å². The minimum Gasteiger partial charge on any atom is -0.465 e. The van der Waals surface area contributed by atoms with E-state index in [9.17, 15) is 13.2 Å². The van der Waals surface area contributed by atoms with Crippen molar-refractivity contribution in [1.29, 1.82) is 0 Å². The second-order valence-electron chi connectivity index (χ2n) is 5.38. The third-order valence-corrected chi connectivity index (χ3v) is 6.13. The van der Waals surface area contributed by atoms with Crippen molar-refractivity contribution < 1.29 is 18.3 Å². The van der Waals surface area contributed by atoms with Gasteiger partial charge < -0.3 is 10.4 Å². The van der Waals surface area contributed by atoms with E-state index in [0.717, 1.165) is 25.7 Å². The molecule has 1 fully saturated rings. The summed E-state index contributed by atoms with van der Waals surface area (Å²) in [6, 6.07) is 1.60. The highest BCUT2D eigenvalue weighted by atomic mass is 32.2. The van der Waals surface area contributed by atoms with Crippen molar-refractivity contribution in [2.24, 2.45) is 11.8 Å². The number of sulfonamides is 1. The van der Waals surface area contributed by atoms with Crippen LogP contribution in [0.25, 0.3) is 0 Å². The van der Waals surface area contributed by atoms with Crippen molar-refractivity contribution in [3.63, 3.8) is 0 Å². The molecule has 3 N–H and O–H groups in total. The lowest BCUT2D eigenvalue weighted by molar-refractivity contribution is 0.188. The van der Waals surface area contributed by atoms with Crippen LogP contribution in [0.4, 0.5) is 4.79 Å². The molecule has 1 aromatic heterocycles. The molecule has 1 aliphatic rings. The zero-order chi connectivity index (χ0) is 15.3. The fourth-order valence-corrected chi connectivity index (χ4v) is 4.73. The number of hydrogen-bond donors (Lipinski definition) is 3. The second-order valence-corrected chi connectivity index (χ2v) is 7.93. The van der Waals surface area contributed by atoms with E-state index in [4.69, 9.17) is 5.11 Å². The Morgan fingerprint density at radius 2 is 1.86 bits per heavy atom. The maximum atomic E-state index is 12.0. The number of amides is 1. The normalized spacial score (nSPS) is 22.9. The molecule has 118 valence electrons. The molecule has 1 aromatic rings. The van der Waals surface area contributed by atoms with Gasteiger partial charge in [-0.1, -0.05) is 0 Å². The van der Waals surface area contributed by atoms with E-state index in [1.807, 2.05) is 0 Å². The van der Waals surface area contributed by atoms with Crippen LogP contribution in [0.15, 0.2) is 21.7 Å². The summed E-state index contributed by atoms with van der Waals surface area (Å²) >= 11 is 1.36. The van der Waals surface area contributed by atoms with Crippen LogP contribution in [0.3, 0.4) is 0 Å². The monoisotopic (exact) mass is 332 g/mol. The summed E-state index contributed by atoms with van der Waals surface area (Å²) in [5, 5.41) is 14.4. The second kappa shape index (κ2) is 7.24. The minimum atomic E-state index is -3.38. The van der Waals surface area contributed by atoms with Crippen molar-refractivity contribution in [1.82, 2.24) is 10.0 Å². The van der Waals surface area contributed by atoms with E-state index >= 15 is 0 Å². The highest BCUT2D eigenvalue weighted by Crippen LogP contribution is 2.28. The van der Waals surface area contributed by atoms with Gasteiger partial charge >= 0.3 is 6.09 Å². The molecule has 1 aliphatic carbocycles. The van der Waals surface area contributed by atoms with E-state index in [0.29, 0.717) is 29.8 Å². The molecule has 1 heterocycles. The molecule has 0 bridgehead atoms. The van der Waals surface area contributed by atoms with Gasteiger partial charge in [0.2, 0.25) is 10.0 Å². The Labute approximate surface area is 128 Å². The van der Waals surface area contributed by atoms with Gasteiger partial charge in [-0.05, 0) is 49.0 Å². The first-order valence-corrected chi connectivity index (χ1v) is 9.38. The third-order valence-electron chi connectivity index (χ3n) is 3.88. The summed E-state index contributed by atoms with van der Waals surface area (Å²) in [6.07, 6.45) is 2.74. The number of rotatable bonds is 6. The highest BCUT2D eigenvalue weighted by Gasteiger charge is 2.23. The molecule has 6 nitrogen and oxygen atoms in total. The van der Waals surface area contributed by atoms with Gasteiger partial charge in [0.05, 0.1) is 4.90 Å².